The van der Waals surface area contributed by atoms with E-state index in [1.165, 1.54) is 11.8 Å². The first-order valence-electron chi connectivity index (χ1n) is 11.0. The van der Waals surface area contributed by atoms with Crippen LogP contribution in [0.4, 0.5) is 0 Å². The average molecular weight is 522 g/mol. The lowest BCUT2D eigenvalue weighted by Gasteiger charge is -2.26. The van der Waals surface area contributed by atoms with Gasteiger partial charge in [0.25, 0.3) is 0 Å². The summed E-state index contributed by atoms with van der Waals surface area (Å²) in [7, 11) is 0. The fraction of sp³-hybridized carbons (Fsp3) is 0.750. The van der Waals surface area contributed by atoms with E-state index in [-0.39, 0.29) is 30.6 Å². The van der Waals surface area contributed by atoms with Gasteiger partial charge in [-0.3, -0.25) is 19.4 Å². The van der Waals surface area contributed by atoms with Crippen molar-refractivity contribution in [1.29, 1.82) is 0 Å². The number of thiol groups is 1. The van der Waals surface area contributed by atoms with Gasteiger partial charge >= 0.3 is 5.97 Å². The molecule has 3 amide bonds. The molecule has 10 N–H and O–H groups in total. The van der Waals surface area contributed by atoms with Gasteiger partial charge in [-0.1, -0.05) is 20.3 Å². The van der Waals surface area contributed by atoms with Gasteiger partial charge in [-0.2, -0.15) is 24.4 Å². The molecule has 0 saturated carbocycles. The van der Waals surface area contributed by atoms with E-state index in [0.29, 0.717) is 25.0 Å². The second-order valence-electron chi connectivity index (χ2n) is 7.85. The van der Waals surface area contributed by atoms with Gasteiger partial charge in [0, 0.05) is 12.3 Å². The van der Waals surface area contributed by atoms with E-state index >= 15 is 0 Å². The van der Waals surface area contributed by atoms with Crippen LogP contribution in [0.2, 0.25) is 0 Å². The summed E-state index contributed by atoms with van der Waals surface area (Å²) in [4.78, 5) is 53.5. The van der Waals surface area contributed by atoms with Crippen LogP contribution in [-0.4, -0.2) is 83.2 Å². The summed E-state index contributed by atoms with van der Waals surface area (Å²) in [6.07, 6.45) is 3.37. The van der Waals surface area contributed by atoms with Crippen molar-refractivity contribution in [3.63, 3.8) is 0 Å². The lowest BCUT2D eigenvalue weighted by Crippen LogP contribution is -2.57. The van der Waals surface area contributed by atoms with Crippen molar-refractivity contribution in [3.05, 3.63) is 0 Å². The number of hydrogen-bond donors (Lipinski definition) is 8. The number of guanidine groups is 1. The Morgan fingerprint density at radius 3 is 2.00 bits per heavy atom. The number of rotatable bonds is 17. The van der Waals surface area contributed by atoms with E-state index in [4.69, 9.17) is 17.2 Å². The Balaban J connectivity index is 5.51. The Kier molecular flexibility index (Phi) is 16.2. The van der Waals surface area contributed by atoms with Crippen molar-refractivity contribution in [2.45, 2.75) is 63.7 Å². The van der Waals surface area contributed by atoms with E-state index in [1.54, 1.807) is 0 Å². The average Bonchev–Trinajstić information content (AvgIpc) is 2.79. The molecule has 196 valence electrons. The van der Waals surface area contributed by atoms with Crippen LogP contribution in [0.1, 0.15) is 39.5 Å². The molecule has 0 fully saturated rings. The van der Waals surface area contributed by atoms with Crippen LogP contribution in [0.25, 0.3) is 0 Å². The lowest BCUT2D eigenvalue weighted by atomic mass is 9.99. The van der Waals surface area contributed by atoms with Gasteiger partial charge in [-0.05, 0) is 37.2 Å². The minimum absolute atomic E-state index is 0.0764. The summed E-state index contributed by atoms with van der Waals surface area (Å²) in [6, 6.07) is -3.99. The Morgan fingerprint density at radius 1 is 1.00 bits per heavy atom. The number of amides is 3. The van der Waals surface area contributed by atoms with Crippen LogP contribution < -0.4 is 33.2 Å². The van der Waals surface area contributed by atoms with Gasteiger partial charge in [0.2, 0.25) is 17.7 Å². The first kappa shape index (κ1) is 31.8. The molecule has 0 aromatic rings. The predicted molar refractivity (Wildman–Crippen MR) is 138 cm³/mol. The van der Waals surface area contributed by atoms with Crippen LogP contribution in [0.3, 0.4) is 0 Å². The fourth-order valence-corrected chi connectivity index (χ4v) is 3.51. The molecule has 0 aromatic heterocycles. The third-order valence-corrected chi connectivity index (χ3v) is 6.19. The van der Waals surface area contributed by atoms with Gasteiger partial charge in [0.05, 0.1) is 6.04 Å². The van der Waals surface area contributed by atoms with Crippen LogP contribution in [0.15, 0.2) is 4.99 Å². The number of nitrogens with zero attached hydrogens (tertiary/aromatic N) is 1. The molecule has 5 unspecified atom stereocenters. The monoisotopic (exact) mass is 521 g/mol. The molecule has 0 aliphatic carbocycles. The normalized spacial score (nSPS) is 15.2. The largest absolute Gasteiger partial charge is 0.480 e. The highest BCUT2D eigenvalue weighted by Gasteiger charge is 2.30. The summed E-state index contributed by atoms with van der Waals surface area (Å²) < 4.78 is 0. The zero-order chi connectivity index (χ0) is 26.3. The molecular weight excluding hydrogens is 482 g/mol. The number of thioether (sulfide) groups is 1. The molecule has 5 atom stereocenters. The van der Waals surface area contributed by atoms with Gasteiger partial charge in [-0.15, -0.1) is 0 Å². The first-order valence-corrected chi connectivity index (χ1v) is 13.1. The summed E-state index contributed by atoms with van der Waals surface area (Å²) in [5.74, 6) is -2.70. The predicted octanol–water partition coefficient (Wildman–Crippen LogP) is -1.36. The van der Waals surface area contributed by atoms with Crippen LogP contribution >= 0.6 is 24.4 Å². The van der Waals surface area contributed by atoms with Crippen molar-refractivity contribution in [3.8, 4) is 0 Å². The quantitative estimate of drug-likeness (QED) is 0.0490. The van der Waals surface area contributed by atoms with Crippen LogP contribution in [-0.2, 0) is 19.2 Å². The second-order valence-corrected chi connectivity index (χ2v) is 9.20. The number of hydrogen-bond acceptors (Lipinski definition) is 8. The van der Waals surface area contributed by atoms with E-state index in [9.17, 15) is 24.3 Å². The number of carboxylic acids is 1. The van der Waals surface area contributed by atoms with Crippen molar-refractivity contribution in [1.82, 2.24) is 16.0 Å². The number of aliphatic imine (C=N–C) groups is 1. The van der Waals surface area contributed by atoms with E-state index < -0.39 is 47.9 Å². The zero-order valence-corrected chi connectivity index (χ0v) is 21.7. The molecule has 0 aliphatic heterocycles. The third kappa shape index (κ3) is 12.3. The SMILES string of the molecule is CCC(C)C(N)C(=O)NC(CCSC)C(=O)NC(CCCN=C(N)N)C(=O)NC(CS)C(=O)O. The fourth-order valence-electron chi connectivity index (χ4n) is 2.79. The molecule has 0 spiro atoms. The molecule has 0 heterocycles. The molecule has 12 nitrogen and oxygen atoms in total. The smallest absolute Gasteiger partial charge is 0.327 e. The van der Waals surface area contributed by atoms with Crippen LogP contribution in [0.5, 0.6) is 0 Å². The molecule has 0 radical (unpaired) electrons. The Labute approximate surface area is 210 Å². The molecule has 0 aliphatic rings. The highest BCUT2D eigenvalue weighted by molar-refractivity contribution is 7.98. The van der Waals surface area contributed by atoms with Crippen molar-refractivity contribution in [2.24, 2.45) is 28.1 Å². The van der Waals surface area contributed by atoms with Crippen molar-refractivity contribution < 1.29 is 24.3 Å². The van der Waals surface area contributed by atoms with E-state index in [2.05, 4.69) is 33.6 Å². The number of aliphatic carboxylic acids is 1. The van der Waals surface area contributed by atoms with E-state index in [0.717, 1.165) is 0 Å². The van der Waals surface area contributed by atoms with Crippen LogP contribution in [0, 0.1) is 5.92 Å². The summed E-state index contributed by atoms with van der Waals surface area (Å²) in [5, 5.41) is 16.9. The first-order chi connectivity index (χ1) is 16.0. The third-order valence-electron chi connectivity index (χ3n) is 5.18. The lowest BCUT2D eigenvalue weighted by molar-refractivity contribution is -0.141. The number of carboxylic acid groups (broad SMARTS) is 1. The standard InChI is InChI=1S/C20H39N7O5S2/c1-4-11(2)15(21)18(30)26-13(7-9-34-3)17(29)25-12(6-5-8-24-20(22)23)16(28)27-14(10-33)19(31)32/h11-15,33H,4-10,21H2,1-3H3,(H,25,29)(H,26,30)(H,27,28)(H,31,32)(H4,22,23,24). The zero-order valence-electron chi connectivity index (χ0n) is 20.0. The summed E-state index contributed by atoms with van der Waals surface area (Å²) in [6.45, 7) is 3.97. The summed E-state index contributed by atoms with van der Waals surface area (Å²) >= 11 is 5.44. The maximum atomic E-state index is 13.0. The molecule has 14 heteroatoms. The van der Waals surface area contributed by atoms with Crippen molar-refractivity contribution in [2.75, 3.05) is 24.3 Å². The highest BCUT2D eigenvalue weighted by atomic mass is 32.2. The molecule has 34 heavy (non-hydrogen) atoms. The van der Waals surface area contributed by atoms with Gasteiger partial charge in [0.15, 0.2) is 5.96 Å². The number of nitrogens with one attached hydrogen (secondary N) is 3. The topological polar surface area (TPSA) is 215 Å². The van der Waals surface area contributed by atoms with Crippen molar-refractivity contribution >= 4 is 54.0 Å². The van der Waals surface area contributed by atoms with E-state index in [1.807, 2.05) is 20.1 Å². The number of carbonyl (C=O) groups excluding carboxylic acids is 3. The minimum atomic E-state index is -1.25. The molecule has 0 aromatic carbocycles. The number of carbonyl (C=O) groups is 4. The maximum absolute atomic E-state index is 13.0. The molecular formula is C20H39N7O5S2. The number of nitrogens with two attached hydrogens (primary N) is 3. The van der Waals surface area contributed by atoms with Gasteiger partial charge in [-0.25, -0.2) is 4.79 Å². The molecule has 0 bridgehead atoms. The Morgan fingerprint density at radius 2 is 1.53 bits per heavy atom. The Hall–Kier alpha value is -2.19. The van der Waals surface area contributed by atoms with Gasteiger partial charge in [0.1, 0.15) is 18.1 Å². The molecule has 0 rings (SSSR count). The summed E-state index contributed by atoms with van der Waals surface area (Å²) in [5.41, 5.74) is 16.6. The maximum Gasteiger partial charge on any atom is 0.327 e. The molecule has 0 saturated heterocycles. The van der Waals surface area contributed by atoms with Gasteiger partial charge < -0.3 is 38.3 Å². The minimum Gasteiger partial charge on any atom is -0.480 e. The highest BCUT2D eigenvalue weighted by Crippen LogP contribution is 2.08. The Bertz CT molecular complexity index is 707. The second kappa shape index (κ2) is 17.3.